The maximum Gasteiger partial charge on any atom is 0.258 e. The first-order valence-corrected chi connectivity index (χ1v) is 21.2. The summed E-state index contributed by atoms with van der Waals surface area (Å²) in [5.41, 5.74) is 1.68. The molecule has 0 aliphatic rings. The second-order valence-electron chi connectivity index (χ2n) is 13.5. The Hall–Kier alpha value is -5.16. The van der Waals surface area contributed by atoms with E-state index in [0.29, 0.717) is 11.1 Å². The maximum absolute atomic E-state index is 13.4. The molecule has 5 aromatic carbocycles. The quantitative estimate of drug-likeness (QED) is 0.0484. The summed E-state index contributed by atoms with van der Waals surface area (Å²) in [5.74, 6) is -4.34. The summed E-state index contributed by atoms with van der Waals surface area (Å²) in [7, 11) is 0. The standard InChI is InChI=1S/C42H30Cl8N8O6/c1-17-15-30(54-42(64)38(20(4)60)58-56-28-10-6-8-22(32(28)46)40(62)52-26-14-12-24(44)34(48)36(26)50)18(2)16-29(17)53-41(63)37(19(3)59)57-55-27-9-5-7-21(31(27)45)39(61)51-25-13-11-23(43)33(47)35(25)49/h5-16,37-38H,1-4H3,(H,51,61)(H,52,62)(H,53,63)(H,54,64). The van der Waals surface area contributed by atoms with Crippen LogP contribution in [-0.4, -0.2) is 47.3 Å². The van der Waals surface area contributed by atoms with E-state index in [0.717, 1.165) is 13.8 Å². The molecule has 0 aromatic heterocycles. The van der Waals surface area contributed by atoms with Crippen molar-refractivity contribution >= 4 is 162 Å². The molecule has 0 bridgehead atoms. The van der Waals surface area contributed by atoms with Gasteiger partial charge in [-0.15, -0.1) is 0 Å². The third-order valence-corrected chi connectivity index (χ3v) is 12.3. The summed E-state index contributed by atoms with van der Waals surface area (Å²) in [4.78, 5) is 78.3. The number of Topliss-reactive ketones (excluding diaryl/α,β-unsaturated/α-hetero) is 2. The topological polar surface area (TPSA) is 200 Å². The van der Waals surface area contributed by atoms with Gasteiger partial charge in [0.05, 0.1) is 62.7 Å². The molecule has 14 nitrogen and oxygen atoms in total. The number of ketones is 2. The number of hydrogen-bond acceptors (Lipinski definition) is 10. The molecule has 0 saturated carbocycles. The van der Waals surface area contributed by atoms with Crippen LogP contribution in [0.3, 0.4) is 0 Å². The Morgan fingerprint density at radius 3 is 1.16 bits per heavy atom. The van der Waals surface area contributed by atoms with Crippen molar-refractivity contribution in [2.45, 2.75) is 39.8 Å². The van der Waals surface area contributed by atoms with Gasteiger partial charge < -0.3 is 21.3 Å². The number of azo groups is 2. The van der Waals surface area contributed by atoms with Gasteiger partial charge in [-0.3, -0.25) is 28.8 Å². The van der Waals surface area contributed by atoms with Crippen molar-refractivity contribution in [2.24, 2.45) is 20.5 Å². The molecule has 0 fully saturated rings. The Bertz CT molecular complexity index is 2630. The highest BCUT2D eigenvalue weighted by atomic mass is 35.5. The Morgan fingerprint density at radius 2 is 0.812 bits per heavy atom. The van der Waals surface area contributed by atoms with Crippen LogP contribution in [0.4, 0.5) is 34.1 Å². The predicted octanol–water partition coefficient (Wildman–Crippen LogP) is 13.4. The van der Waals surface area contributed by atoms with Gasteiger partial charge >= 0.3 is 0 Å². The van der Waals surface area contributed by atoms with E-state index in [-0.39, 0.29) is 85.4 Å². The zero-order valence-electron chi connectivity index (χ0n) is 33.3. The van der Waals surface area contributed by atoms with Crippen LogP contribution < -0.4 is 21.3 Å². The summed E-state index contributed by atoms with van der Waals surface area (Å²) < 4.78 is 0. The highest BCUT2D eigenvalue weighted by Crippen LogP contribution is 2.38. The fourth-order valence-corrected chi connectivity index (χ4v) is 7.20. The molecule has 4 amide bonds. The number of carbonyl (C=O) groups is 6. The summed E-state index contributed by atoms with van der Waals surface area (Å²) in [6.45, 7) is 5.54. The van der Waals surface area contributed by atoms with E-state index in [9.17, 15) is 28.8 Å². The molecule has 0 radical (unpaired) electrons. The maximum atomic E-state index is 13.4. The Balaban J connectivity index is 1.27. The van der Waals surface area contributed by atoms with Crippen molar-refractivity contribution in [3.8, 4) is 0 Å². The van der Waals surface area contributed by atoms with Crippen molar-refractivity contribution in [3.63, 3.8) is 0 Å². The lowest BCUT2D eigenvalue weighted by atomic mass is 10.1. The van der Waals surface area contributed by atoms with Gasteiger partial charge in [0.15, 0.2) is 11.6 Å². The van der Waals surface area contributed by atoms with Crippen LogP contribution in [0.25, 0.3) is 0 Å². The van der Waals surface area contributed by atoms with E-state index in [1.165, 1.54) is 72.8 Å². The van der Waals surface area contributed by atoms with Crippen LogP contribution in [0.1, 0.15) is 45.7 Å². The van der Waals surface area contributed by atoms with Crippen LogP contribution in [0.15, 0.2) is 93.3 Å². The van der Waals surface area contributed by atoms with Crippen molar-refractivity contribution in [1.82, 2.24) is 0 Å². The molecule has 2 atom stereocenters. The Morgan fingerprint density at radius 1 is 0.453 bits per heavy atom. The molecule has 0 heterocycles. The molecule has 5 rings (SSSR count). The Labute approximate surface area is 405 Å². The average Bonchev–Trinajstić information content (AvgIpc) is 3.23. The average molecular weight is 1030 g/mol. The number of nitrogens with one attached hydrogen (secondary N) is 4. The molecule has 2 unspecified atom stereocenters. The summed E-state index contributed by atoms with van der Waals surface area (Å²) in [6, 6.07) is 14.2. The van der Waals surface area contributed by atoms with E-state index >= 15 is 0 Å². The molecule has 22 heteroatoms. The largest absolute Gasteiger partial charge is 0.324 e. The first-order valence-electron chi connectivity index (χ1n) is 18.2. The van der Waals surface area contributed by atoms with Crippen LogP contribution >= 0.6 is 92.8 Å². The zero-order valence-corrected chi connectivity index (χ0v) is 39.4. The van der Waals surface area contributed by atoms with Gasteiger partial charge in [-0.2, -0.15) is 20.5 Å². The van der Waals surface area contributed by atoms with Crippen molar-refractivity contribution in [2.75, 3.05) is 21.3 Å². The minimum Gasteiger partial charge on any atom is -0.324 e. The number of nitrogens with zero attached hydrogens (tertiary/aromatic N) is 4. The minimum absolute atomic E-state index is 0.0141. The first kappa shape index (κ1) is 49.8. The lowest BCUT2D eigenvalue weighted by Gasteiger charge is -2.16. The summed E-state index contributed by atoms with van der Waals surface area (Å²) >= 11 is 49.6. The van der Waals surface area contributed by atoms with E-state index in [2.05, 4.69) is 41.7 Å². The van der Waals surface area contributed by atoms with E-state index in [1.807, 2.05) is 0 Å². The third kappa shape index (κ3) is 11.7. The van der Waals surface area contributed by atoms with Gasteiger partial charge in [0.2, 0.25) is 12.1 Å². The molecule has 5 aromatic rings. The SMILES string of the molecule is CC(=O)C(N=Nc1cccc(C(=O)Nc2ccc(Cl)c(Cl)c2Cl)c1Cl)C(=O)Nc1cc(C)c(NC(=O)C(N=Nc2cccc(C(=O)Nc3ccc(Cl)c(Cl)c3Cl)c2Cl)C(C)=O)cc1C. The molecular formula is C42H30Cl8N8O6. The minimum atomic E-state index is -1.63. The number of benzene rings is 5. The lowest BCUT2D eigenvalue weighted by Crippen LogP contribution is -2.32. The lowest BCUT2D eigenvalue weighted by molar-refractivity contribution is -0.127. The van der Waals surface area contributed by atoms with Gasteiger partial charge in [-0.25, -0.2) is 0 Å². The molecular weight excluding hydrogens is 996 g/mol. The molecule has 0 saturated heterocycles. The molecule has 4 N–H and O–H groups in total. The number of halogens is 8. The number of carbonyl (C=O) groups excluding carboxylic acids is 6. The van der Waals surface area contributed by atoms with Crippen LogP contribution in [0.2, 0.25) is 40.2 Å². The van der Waals surface area contributed by atoms with Gasteiger partial charge in [-0.05, 0) is 99.5 Å². The Kier molecular flexibility index (Phi) is 16.9. The van der Waals surface area contributed by atoms with E-state index < -0.39 is 47.3 Å². The molecule has 0 aliphatic heterocycles. The van der Waals surface area contributed by atoms with Gasteiger partial charge in [-0.1, -0.05) is 105 Å². The monoisotopic (exact) mass is 1020 g/mol. The van der Waals surface area contributed by atoms with Crippen molar-refractivity contribution in [3.05, 3.63) is 135 Å². The fraction of sp³-hybridized carbons (Fsp3) is 0.143. The molecule has 330 valence electrons. The summed E-state index contributed by atoms with van der Waals surface area (Å²) in [5, 5.41) is 26.6. The van der Waals surface area contributed by atoms with Gasteiger partial charge in [0.1, 0.15) is 11.4 Å². The number of amides is 4. The normalized spacial score (nSPS) is 12.2. The summed E-state index contributed by atoms with van der Waals surface area (Å²) in [6.07, 6.45) is 0. The first-order chi connectivity index (χ1) is 30.2. The van der Waals surface area contributed by atoms with Crippen LogP contribution in [0.5, 0.6) is 0 Å². The smallest absolute Gasteiger partial charge is 0.258 e. The molecule has 0 aliphatic carbocycles. The van der Waals surface area contributed by atoms with E-state index in [4.69, 9.17) is 92.8 Å². The second-order valence-corrected chi connectivity index (χ2v) is 16.6. The second kappa shape index (κ2) is 21.7. The number of rotatable bonds is 14. The van der Waals surface area contributed by atoms with Crippen LogP contribution in [-0.2, 0) is 19.2 Å². The zero-order chi connectivity index (χ0) is 47.2. The van der Waals surface area contributed by atoms with E-state index in [1.54, 1.807) is 13.8 Å². The predicted molar refractivity (Wildman–Crippen MR) is 253 cm³/mol. The molecule has 0 spiro atoms. The number of aryl methyl sites for hydroxylation is 2. The fourth-order valence-electron chi connectivity index (χ4n) is 5.53. The van der Waals surface area contributed by atoms with Crippen LogP contribution in [0, 0.1) is 13.8 Å². The highest BCUT2D eigenvalue weighted by Gasteiger charge is 2.27. The number of hydrogen-bond donors (Lipinski definition) is 4. The van der Waals surface area contributed by atoms with Crippen molar-refractivity contribution in [1.29, 1.82) is 0 Å². The third-order valence-electron chi connectivity index (χ3n) is 8.93. The van der Waals surface area contributed by atoms with Gasteiger partial charge in [0, 0.05) is 11.4 Å². The van der Waals surface area contributed by atoms with Gasteiger partial charge in [0.25, 0.3) is 23.6 Å². The van der Waals surface area contributed by atoms with Crippen molar-refractivity contribution < 1.29 is 28.8 Å². The number of anilines is 4. The molecule has 64 heavy (non-hydrogen) atoms. The highest BCUT2D eigenvalue weighted by molar-refractivity contribution is 6.50.